The highest BCUT2D eigenvalue weighted by molar-refractivity contribution is 5.91. The minimum Gasteiger partial charge on any atom is -0.507 e. The smallest absolute Gasteiger partial charge is 0.123 e. The molecule has 3 rings (SSSR count). The fourth-order valence-electron chi connectivity index (χ4n) is 3.51. The van der Waals surface area contributed by atoms with Gasteiger partial charge in [0.2, 0.25) is 0 Å². The number of nitrogens with one attached hydrogen (secondary N) is 1. The van der Waals surface area contributed by atoms with Gasteiger partial charge in [0.25, 0.3) is 0 Å². The molecule has 1 saturated heterocycles. The highest BCUT2D eigenvalue weighted by atomic mass is 35.5. The summed E-state index contributed by atoms with van der Waals surface area (Å²) in [6, 6.07) is 12.6. The van der Waals surface area contributed by atoms with E-state index in [0.717, 1.165) is 38.0 Å². The summed E-state index contributed by atoms with van der Waals surface area (Å²) in [6.07, 6.45) is 1.15. The van der Waals surface area contributed by atoms with Crippen molar-refractivity contribution in [3.63, 3.8) is 0 Å². The molecule has 1 fully saturated rings. The van der Waals surface area contributed by atoms with Gasteiger partial charge in [-0.25, -0.2) is 0 Å². The van der Waals surface area contributed by atoms with E-state index in [9.17, 15) is 5.11 Å². The Bertz CT molecular complexity index is 642. The maximum Gasteiger partial charge on any atom is 0.123 e. The molecular formula is C19H28Cl2N2O. The minimum absolute atomic E-state index is 0. The summed E-state index contributed by atoms with van der Waals surface area (Å²) in [5.74, 6) is 1.02. The molecular weight excluding hydrogens is 343 g/mol. The normalized spacial score (nSPS) is 16.5. The summed E-state index contributed by atoms with van der Waals surface area (Å²) in [6.45, 7) is 8.88. The zero-order valence-electron chi connectivity index (χ0n) is 14.4. The van der Waals surface area contributed by atoms with Gasteiger partial charge in [-0.1, -0.05) is 44.2 Å². The molecule has 1 atom stereocenters. The largest absolute Gasteiger partial charge is 0.507 e. The number of phenolic OH excluding ortho intramolecular Hbond substituents is 1. The number of phenols is 1. The van der Waals surface area contributed by atoms with Crippen molar-refractivity contribution in [1.82, 2.24) is 10.2 Å². The third kappa shape index (κ3) is 4.54. The SMILES string of the molecule is CC(C)C[C@H](c1ccc(O)c2ccccc12)N1CCNCC1.Cl.Cl. The number of hydrogen-bond acceptors (Lipinski definition) is 3. The highest BCUT2D eigenvalue weighted by Gasteiger charge is 2.24. The molecule has 134 valence electrons. The molecule has 1 aliphatic rings. The van der Waals surface area contributed by atoms with Gasteiger partial charge in [0.05, 0.1) is 0 Å². The van der Waals surface area contributed by atoms with Crippen LogP contribution in [0.3, 0.4) is 0 Å². The number of aromatic hydroxyl groups is 1. The van der Waals surface area contributed by atoms with Crippen LogP contribution in [0.25, 0.3) is 10.8 Å². The van der Waals surface area contributed by atoms with Crippen molar-refractivity contribution in [1.29, 1.82) is 0 Å². The van der Waals surface area contributed by atoms with Crippen molar-refractivity contribution >= 4 is 35.6 Å². The lowest BCUT2D eigenvalue weighted by Crippen LogP contribution is -2.45. The first kappa shape index (κ1) is 21.0. The second-order valence-corrected chi connectivity index (χ2v) is 6.65. The van der Waals surface area contributed by atoms with Gasteiger partial charge < -0.3 is 10.4 Å². The van der Waals surface area contributed by atoms with Crippen LogP contribution in [0, 0.1) is 5.92 Å². The van der Waals surface area contributed by atoms with Gasteiger partial charge in [-0.3, -0.25) is 4.90 Å². The summed E-state index contributed by atoms with van der Waals surface area (Å²) in [4.78, 5) is 2.59. The van der Waals surface area contributed by atoms with Gasteiger partial charge in [-0.2, -0.15) is 0 Å². The number of piperazine rings is 1. The Morgan fingerprint density at radius 1 is 1.00 bits per heavy atom. The van der Waals surface area contributed by atoms with Crippen molar-refractivity contribution in [2.45, 2.75) is 26.3 Å². The summed E-state index contributed by atoms with van der Waals surface area (Å²) in [5.41, 5.74) is 1.35. The second kappa shape index (κ2) is 9.47. The molecule has 0 amide bonds. The molecule has 5 heteroatoms. The van der Waals surface area contributed by atoms with Crippen LogP contribution in [0.15, 0.2) is 36.4 Å². The van der Waals surface area contributed by atoms with E-state index >= 15 is 0 Å². The number of nitrogens with zero attached hydrogens (tertiary/aromatic N) is 1. The van der Waals surface area contributed by atoms with Crippen LogP contribution in [0.5, 0.6) is 5.75 Å². The summed E-state index contributed by atoms with van der Waals surface area (Å²) < 4.78 is 0. The first-order valence-corrected chi connectivity index (χ1v) is 8.32. The number of hydrogen-bond donors (Lipinski definition) is 2. The van der Waals surface area contributed by atoms with E-state index in [2.05, 4.69) is 42.3 Å². The maximum absolute atomic E-state index is 10.1. The predicted octanol–water partition coefficient (Wildman–Crippen LogP) is 4.38. The predicted molar refractivity (Wildman–Crippen MR) is 107 cm³/mol. The van der Waals surface area contributed by atoms with E-state index in [0.29, 0.717) is 17.7 Å². The minimum atomic E-state index is 0. The molecule has 3 nitrogen and oxygen atoms in total. The van der Waals surface area contributed by atoms with Crippen LogP contribution < -0.4 is 5.32 Å². The summed E-state index contributed by atoms with van der Waals surface area (Å²) in [7, 11) is 0. The Labute approximate surface area is 157 Å². The molecule has 2 N–H and O–H groups in total. The van der Waals surface area contributed by atoms with Crippen molar-refractivity contribution in [2.24, 2.45) is 5.92 Å². The van der Waals surface area contributed by atoms with Crippen molar-refractivity contribution < 1.29 is 5.11 Å². The van der Waals surface area contributed by atoms with Crippen LogP contribution in [0.2, 0.25) is 0 Å². The quantitative estimate of drug-likeness (QED) is 0.837. The van der Waals surface area contributed by atoms with E-state index in [-0.39, 0.29) is 24.8 Å². The molecule has 0 saturated carbocycles. The lowest BCUT2D eigenvalue weighted by molar-refractivity contribution is 0.155. The maximum atomic E-state index is 10.1. The van der Waals surface area contributed by atoms with Gasteiger partial charge in [-0.15, -0.1) is 24.8 Å². The fourth-order valence-corrected chi connectivity index (χ4v) is 3.51. The van der Waals surface area contributed by atoms with Crippen LogP contribution in [0.1, 0.15) is 31.9 Å². The van der Waals surface area contributed by atoms with Gasteiger partial charge in [-0.05, 0) is 29.4 Å². The summed E-state index contributed by atoms with van der Waals surface area (Å²) >= 11 is 0. The second-order valence-electron chi connectivity index (χ2n) is 6.65. The molecule has 0 spiro atoms. The van der Waals surface area contributed by atoms with Gasteiger partial charge in [0.15, 0.2) is 0 Å². The van der Waals surface area contributed by atoms with E-state index in [1.807, 2.05) is 18.2 Å². The van der Waals surface area contributed by atoms with E-state index in [1.54, 1.807) is 0 Å². The van der Waals surface area contributed by atoms with Crippen LogP contribution in [-0.4, -0.2) is 36.2 Å². The van der Waals surface area contributed by atoms with Crippen LogP contribution in [0.4, 0.5) is 0 Å². The third-order valence-corrected chi connectivity index (χ3v) is 4.58. The molecule has 1 heterocycles. The Morgan fingerprint density at radius 2 is 1.62 bits per heavy atom. The molecule has 24 heavy (non-hydrogen) atoms. The lowest BCUT2D eigenvalue weighted by Gasteiger charge is -2.36. The van der Waals surface area contributed by atoms with Crippen LogP contribution >= 0.6 is 24.8 Å². The van der Waals surface area contributed by atoms with Crippen molar-refractivity contribution in [3.8, 4) is 5.75 Å². The Hall–Kier alpha value is -1.000. The van der Waals surface area contributed by atoms with Crippen molar-refractivity contribution in [3.05, 3.63) is 42.0 Å². The number of halogens is 2. The first-order chi connectivity index (χ1) is 10.7. The van der Waals surface area contributed by atoms with E-state index < -0.39 is 0 Å². The highest BCUT2D eigenvalue weighted by Crippen LogP contribution is 2.36. The Kier molecular flexibility index (Phi) is 8.31. The molecule has 2 aromatic carbocycles. The van der Waals surface area contributed by atoms with Crippen LogP contribution in [-0.2, 0) is 0 Å². The molecule has 0 bridgehead atoms. The molecule has 2 aromatic rings. The monoisotopic (exact) mass is 370 g/mol. The van der Waals surface area contributed by atoms with Gasteiger partial charge >= 0.3 is 0 Å². The molecule has 1 aliphatic heterocycles. The number of benzene rings is 2. The van der Waals surface area contributed by atoms with Crippen molar-refractivity contribution in [2.75, 3.05) is 26.2 Å². The van der Waals surface area contributed by atoms with E-state index in [4.69, 9.17) is 0 Å². The topological polar surface area (TPSA) is 35.5 Å². The fraction of sp³-hybridized carbons (Fsp3) is 0.474. The van der Waals surface area contributed by atoms with E-state index in [1.165, 1.54) is 10.9 Å². The zero-order valence-corrected chi connectivity index (χ0v) is 16.0. The van der Waals surface area contributed by atoms with Gasteiger partial charge in [0, 0.05) is 37.6 Å². The Balaban J connectivity index is 0.00000144. The lowest BCUT2D eigenvalue weighted by atomic mass is 9.91. The Morgan fingerprint density at radius 3 is 2.25 bits per heavy atom. The number of fused-ring (bicyclic) bond motifs is 1. The zero-order chi connectivity index (χ0) is 15.5. The standard InChI is InChI=1S/C19H26N2O.2ClH/c1-14(2)13-18(21-11-9-20-10-12-21)16-7-8-19(22)17-6-4-3-5-15(16)17;;/h3-8,14,18,20,22H,9-13H2,1-2H3;2*1H/t18-;;/m1../s1. The molecule has 0 aromatic heterocycles. The molecule has 0 unspecified atom stereocenters. The number of rotatable bonds is 4. The van der Waals surface area contributed by atoms with Gasteiger partial charge in [0.1, 0.15) is 5.75 Å². The first-order valence-electron chi connectivity index (χ1n) is 8.32. The summed E-state index contributed by atoms with van der Waals surface area (Å²) in [5, 5.41) is 15.7. The average molecular weight is 371 g/mol. The molecule has 0 aliphatic carbocycles. The average Bonchev–Trinajstić information content (AvgIpc) is 2.54. The molecule has 0 radical (unpaired) electrons. The third-order valence-electron chi connectivity index (χ3n) is 4.58.